The number of unbranched alkanes of at least 4 members (excludes halogenated alkanes) is 1. The summed E-state index contributed by atoms with van der Waals surface area (Å²) in [5.41, 5.74) is 1.81. The molecule has 32 heavy (non-hydrogen) atoms. The second kappa shape index (κ2) is 13.1. The lowest BCUT2D eigenvalue weighted by Gasteiger charge is -2.29. The molecule has 0 radical (unpaired) electrons. The maximum absolute atomic E-state index is 13.0. The summed E-state index contributed by atoms with van der Waals surface area (Å²) >= 11 is 7.37. The van der Waals surface area contributed by atoms with Crippen LogP contribution < -0.4 is 5.32 Å². The normalized spacial score (nSPS) is 11.6. The van der Waals surface area contributed by atoms with Gasteiger partial charge in [-0.2, -0.15) is 0 Å². The van der Waals surface area contributed by atoms with Crippen LogP contribution in [0, 0.1) is 10.1 Å². The highest BCUT2D eigenvalue weighted by molar-refractivity contribution is 7.99. The van der Waals surface area contributed by atoms with Crippen molar-refractivity contribution in [2.24, 2.45) is 0 Å². The van der Waals surface area contributed by atoms with E-state index in [9.17, 15) is 19.7 Å². The van der Waals surface area contributed by atoms with Crippen LogP contribution in [0.15, 0.2) is 48.5 Å². The van der Waals surface area contributed by atoms with Gasteiger partial charge in [0.1, 0.15) is 6.04 Å². The third kappa shape index (κ3) is 8.16. The number of non-ortho nitro benzene ring substituents is 1. The molecule has 7 nitrogen and oxygen atoms in total. The standard InChI is InChI=1S/C23H28ClN3O4S/c1-3-4-13-25-23(29)17(2)26(14-18-5-9-20(24)10-6-18)22(28)16-32-15-19-7-11-21(12-8-19)27(30)31/h5-12,17H,3-4,13-16H2,1-2H3,(H,25,29). The third-order valence-electron chi connectivity index (χ3n) is 4.90. The van der Waals surface area contributed by atoms with Gasteiger partial charge in [0.25, 0.3) is 5.69 Å². The van der Waals surface area contributed by atoms with Gasteiger partial charge in [-0.25, -0.2) is 0 Å². The highest BCUT2D eigenvalue weighted by Gasteiger charge is 2.25. The Morgan fingerprint density at radius 2 is 1.75 bits per heavy atom. The zero-order valence-corrected chi connectivity index (χ0v) is 19.8. The van der Waals surface area contributed by atoms with Gasteiger partial charge in [0.05, 0.1) is 10.7 Å². The van der Waals surface area contributed by atoms with Crippen molar-refractivity contribution in [2.45, 2.75) is 45.0 Å². The summed E-state index contributed by atoms with van der Waals surface area (Å²) in [7, 11) is 0. The molecule has 2 aromatic rings. The van der Waals surface area contributed by atoms with E-state index in [4.69, 9.17) is 11.6 Å². The molecule has 0 aliphatic heterocycles. The molecular weight excluding hydrogens is 450 g/mol. The molecule has 0 fully saturated rings. The van der Waals surface area contributed by atoms with Gasteiger partial charge in [-0.05, 0) is 36.6 Å². The van der Waals surface area contributed by atoms with Crippen LogP contribution in [-0.4, -0.2) is 40.0 Å². The third-order valence-corrected chi connectivity index (χ3v) is 6.14. The van der Waals surface area contributed by atoms with E-state index in [0.29, 0.717) is 23.9 Å². The van der Waals surface area contributed by atoms with E-state index in [1.54, 1.807) is 36.1 Å². The van der Waals surface area contributed by atoms with Crippen molar-refractivity contribution in [3.63, 3.8) is 0 Å². The summed E-state index contributed by atoms with van der Waals surface area (Å²) < 4.78 is 0. The molecule has 2 amide bonds. The molecule has 0 saturated heterocycles. The molecule has 0 aliphatic rings. The predicted molar refractivity (Wildman–Crippen MR) is 129 cm³/mol. The lowest BCUT2D eigenvalue weighted by Crippen LogP contribution is -2.48. The molecule has 0 aliphatic carbocycles. The van der Waals surface area contributed by atoms with Crippen molar-refractivity contribution in [3.8, 4) is 0 Å². The fourth-order valence-corrected chi connectivity index (χ4v) is 3.95. The molecule has 172 valence electrons. The molecule has 0 aromatic heterocycles. The second-order valence-electron chi connectivity index (χ2n) is 7.39. The number of halogens is 1. The molecule has 0 saturated carbocycles. The number of amides is 2. The van der Waals surface area contributed by atoms with Crippen molar-refractivity contribution in [1.82, 2.24) is 10.2 Å². The first-order valence-corrected chi connectivity index (χ1v) is 12.0. The van der Waals surface area contributed by atoms with Crippen LogP contribution >= 0.6 is 23.4 Å². The largest absolute Gasteiger partial charge is 0.354 e. The Kier molecular flexibility index (Phi) is 10.5. The first kappa shape index (κ1) is 25.7. The van der Waals surface area contributed by atoms with Crippen LogP contribution in [0.4, 0.5) is 5.69 Å². The first-order chi connectivity index (χ1) is 15.3. The lowest BCUT2D eigenvalue weighted by atomic mass is 10.1. The zero-order chi connectivity index (χ0) is 23.5. The average Bonchev–Trinajstić information content (AvgIpc) is 2.78. The Labute approximate surface area is 197 Å². The first-order valence-electron chi connectivity index (χ1n) is 10.4. The number of hydrogen-bond donors (Lipinski definition) is 1. The predicted octanol–water partition coefficient (Wildman–Crippen LogP) is 4.82. The van der Waals surface area contributed by atoms with Crippen molar-refractivity contribution in [2.75, 3.05) is 12.3 Å². The van der Waals surface area contributed by atoms with Crippen LogP contribution in [0.25, 0.3) is 0 Å². The molecule has 0 heterocycles. The maximum atomic E-state index is 13.0. The van der Waals surface area contributed by atoms with Crippen LogP contribution in [0.1, 0.15) is 37.8 Å². The highest BCUT2D eigenvalue weighted by atomic mass is 35.5. The number of benzene rings is 2. The summed E-state index contributed by atoms with van der Waals surface area (Å²) in [5.74, 6) is 0.401. The van der Waals surface area contributed by atoms with Crippen LogP contribution in [0.3, 0.4) is 0 Å². The summed E-state index contributed by atoms with van der Waals surface area (Å²) in [5, 5.41) is 14.3. The van der Waals surface area contributed by atoms with Crippen LogP contribution in [0.5, 0.6) is 0 Å². The summed E-state index contributed by atoms with van der Waals surface area (Å²) in [6, 6.07) is 12.9. The molecule has 2 rings (SSSR count). The maximum Gasteiger partial charge on any atom is 0.269 e. The van der Waals surface area contributed by atoms with Gasteiger partial charge >= 0.3 is 0 Å². The molecule has 1 atom stereocenters. The summed E-state index contributed by atoms with van der Waals surface area (Å²) in [6.07, 6.45) is 1.86. The minimum absolute atomic E-state index is 0.0341. The zero-order valence-electron chi connectivity index (χ0n) is 18.3. The Hall–Kier alpha value is -2.58. The Morgan fingerprint density at radius 1 is 1.12 bits per heavy atom. The van der Waals surface area contributed by atoms with Gasteiger partial charge in [-0.3, -0.25) is 19.7 Å². The number of carbonyl (C=O) groups is 2. The van der Waals surface area contributed by atoms with Crippen LogP contribution in [0.2, 0.25) is 5.02 Å². The Balaban J connectivity index is 2.02. The Bertz CT molecular complexity index is 906. The minimum Gasteiger partial charge on any atom is -0.354 e. The van der Waals surface area contributed by atoms with E-state index >= 15 is 0 Å². The number of nitro benzene ring substituents is 1. The van der Waals surface area contributed by atoms with E-state index in [0.717, 1.165) is 24.0 Å². The van der Waals surface area contributed by atoms with Gasteiger partial charge in [0.15, 0.2) is 0 Å². The fourth-order valence-electron chi connectivity index (χ4n) is 2.96. The van der Waals surface area contributed by atoms with Gasteiger partial charge in [-0.1, -0.05) is 49.2 Å². The topological polar surface area (TPSA) is 92.6 Å². The molecule has 0 spiro atoms. The number of nitrogens with zero attached hydrogens (tertiary/aromatic N) is 2. The number of carbonyl (C=O) groups excluding carboxylic acids is 2. The quantitative estimate of drug-likeness (QED) is 0.269. The number of nitrogens with one attached hydrogen (secondary N) is 1. The SMILES string of the molecule is CCCCNC(=O)C(C)N(Cc1ccc(Cl)cc1)C(=O)CSCc1ccc([N+](=O)[O-])cc1. The summed E-state index contributed by atoms with van der Waals surface area (Å²) in [6.45, 7) is 4.66. The molecule has 2 aromatic carbocycles. The lowest BCUT2D eigenvalue weighted by molar-refractivity contribution is -0.384. The number of nitro groups is 1. The molecule has 9 heteroatoms. The van der Waals surface area contributed by atoms with Gasteiger partial charge in [0, 0.05) is 36.0 Å². The van der Waals surface area contributed by atoms with Crippen molar-refractivity contribution in [3.05, 3.63) is 74.8 Å². The Morgan fingerprint density at radius 3 is 2.34 bits per heavy atom. The fraction of sp³-hybridized carbons (Fsp3) is 0.391. The van der Waals surface area contributed by atoms with E-state index in [-0.39, 0.29) is 23.3 Å². The molecular formula is C23H28ClN3O4S. The van der Waals surface area contributed by atoms with E-state index in [2.05, 4.69) is 5.32 Å². The number of thioether (sulfide) groups is 1. The molecule has 1 unspecified atom stereocenters. The van der Waals surface area contributed by atoms with Crippen molar-refractivity contribution in [1.29, 1.82) is 0 Å². The smallest absolute Gasteiger partial charge is 0.269 e. The van der Waals surface area contributed by atoms with E-state index in [1.807, 2.05) is 19.1 Å². The number of rotatable bonds is 12. The van der Waals surface area contributed by atoms with E-state index < -0.39 is 11.0 Å². The minimum atomic E-state index is -0.616. The monoisotopic (exact) mass is 477 g/mol. The van der Waals surface area contributed by atoms with Crippen molar-refractivity contribution < 1.29 is 14.5 Å². The average molecular weight is 478 g/mol. The highest BCUT2D eigenvalue weighted by Crippen LogP contribution is 2.19. The van der Waals surface area contributed by atoms with Gasteiger partial charge < -0.3 is 10.2 Å². The van der Waals surface area contributed by atoms with Gasteiger partial charge in [0.2, 0.25) is 11.8 Å². The molecule has 0 bridgehead atoms. The second-order valence-corrected chi connectivity index (χ2v) is 8.81. The van der Waals surface area contributed by atoms with Crippen LogP contribution in [-0.2, 0) is 21.9 Å². The van der Waals surface area contributed by atoms with Gasteiger partial charge in [-0.15, -0.1) is 11.8 Å². The van der Waals surface area contributed by atoms with E-state index in [1.165, 1.54) is 23.9 Å². The number of hydrogen-bond acceptors (Lipinski definition) is 5. The summed E-state index contributed by atoms with van der Waals surface area (Å²) in [4.78, 5) is 37.5. The molecule has 1 N–H and O–H groups in total. The van der Waals surface area contributed by atoms with Crippen molar-refractivity contribution >= 4 is 40.9 Å².